The van der Waals surface area contributed by atoms with Gasteiger partial charge in [0.25, 0.3) is 0 Å². The van der Waals surface area contributed by atoms with Gasteiger partial charge in [0.2, 0.25) is 0 Å². The highest BCUT2D eigenvalue weighted by Crippen LogP contribution is 2.08. The van der Waals surface area contributed by atoms with Crippen molar-refractivity contribution in [3.05, 3.63) is 35.9 Å². The molecule has 4 nitrogen and oxygen atoms in total. The van der Waals surface area contributed by atoms with Crippen LogP contribution >= 0.6 is 0 Å². The fraction of sp³-hybridized carbons (Fsp3) is 0.273. The van der Waals surface area contributed by atoms with Gasteiger partial charge < -0.3 is 4.74 Å². The summed E-state index contributed by atoms with van der Waals surface area (Å²) in [6.45, 7) is 0.563. The van der Waals surface area contributed by atoms with E-state index in [-0.39, 0.29) is 6.42 Å². The summed E-state index contributed by atoms with van der Waals surface area (Å²) in [6.07, 6.45) is 0.131. The van der Waals surface area contributed by atoms with Gasteiger partial charge in [-0.3, -0.25) is 10.1 Å². The van der Waals surface area contributed by atoms with Crippen LogP contribution in [0.1, 0.15) is 12.0 Å². The summed E-state index contributed by atoms with van der Waals surface area (Å²) < 4.78 is 4.42. The van der Waals surface area contributed by atoms with Gasteiger partial charge in [0, 0.05) is 6.54 Å². The number of hydrogen-bond acceptors (Lipinski definition) is 4. The third kappa shape index (κ3) is 2.41. The Bertz CT molecular complexity index is 375. The maximum absolute atomic E-state index is 11.1. The fourth-order valence-electron chi connectivity index (χ4n) is 1.47. The van der Waals surface area contributed by atoms with Crippen molar-refractivity contribution in [1.82, 2.24) is 5.32 Å². The first-order valence-electron chi connectivity index (χ1n) is 4.77. The van der Waals surface area contributed by atoms with Gasteiger partial charge in [-0.05, 0) is 5.56 Å². The summed E-state index contributed by atoms with van der Waals surface area (Å²) in [5.41, 5.74) is 1.07. The molecular weight excluding hydrogens is 194 g/mol. The number of ether oxygens (including phenoxy) is 1. The van der Waals surface area contributed by atoms with Crippen molar-refractivity contribution < 1.29 is 14.3 Å². The lowest BCUT2D eigenvalue weighted by Crippen LogP contribution is -2.32. The molecule has 0 spiro atoms. The Labute approximate surface area is 87.2 Å². The van der Waals surface area contributed by atoms with Crippen LogP contribution in [-0.2, 0) is 20.9 Å². The van der Waals surface area contributed by atoms with Crippen molar-refractivity contribution in [3.63, 3.8) is 0 Å². The molecule has 0 radical (unpaired) electrons. The number of benzene rings is 1. The third-order valence-corrected chi connectivity index (χ3v) is 2.27. The number of nitrogens with one attached hydrogen (secondary N) is 1. The minimum absolute atomic E-state index is 0.131. The molecule has 0 saturated carbocycles. The highest BCUT2D eigenvalue weighted by atomic mass is 16.6. The molecule has 15 heavy (non-hydrogen) atoms. The van der Waals surface area contributed by atoms with Crippen LogP contribution in [0.15, 0.2) is 30.3 Å². The van der Waals surface area contributed by atoms with Crippen LogP contribution < -0.4 is 5.32 Å². The van der Waals surface area contributed by atoms with Gasteiger partial charge in [0.15, 0.2) is 0 Å². The van der Waals surface area contributed by atoms with E-state index in [0.717, 1.165) is 5.56 Å². The average molecular weight is 205 g/mol. The molecule has 0 aromatic heterocycles. The molecule has 1 fully saturated rings. The standard InChI is InChI=1S/C11H11NO3/c13-10-6-9(11(14)15-10)12-7-8-4-2-1-3-5-8/h1-5,9,12H,6-7H2. The van der Waals surface area contributed by atoms with E-state index >= 15 is 0 Å². The van der Waals surface area contributed by atoms with Gasteiger partial charge in [-0.2, -0.15) is 0 Å². The number of hydrogen-bond donors (Lipinski definition) is 1. The second kappa shape index (κ2) is 4.23. The van der Waals surface area contributed by atoms with E-state index in [2.05, 4.69) is 10.1 Å². The molecule has 1 saturated heterocycles. The van der Waals surface area contributed by atoms with E-state index in [4.69, 9.17) is 0 Å². The second-order valence-electron chi connectivity index (χ2n) is 3.42. The van der Waals surface area contributed by atoms with Crippen molar-refractivity contribution in [2.45, 2.75) is 19.0 Å². The second-order valence-corrected chi connectivity index (χ2v) is 3.42. The molecule has 1 aromatic carbocycles. The van der Waals surface area contributed by atoms with Gasteiger partial charge >= 0.3 is 11.9 Å². The molecule has 2 rings (SSSR count). The van der Waals surface area contributed by atoms with Gasteiger partial charge in [-0.25, -0.2) is 4.79 Å². The van der Waals surface area contributed by atoms with Crippen LogP contribution in [0.4, 0.5) is 0 Å². The molecule has 4 heteroatoms. The van der Waals surface area contributed by atoms with Crippen molar-refractivity contribution in [1.29, 1.82) is 0 Å². The molecule has 1 N–H and O–H groups in total. The van der Waals surface area contributed by atoms with Gasteiger partial charge in [0.1, 0.15) is 6.04 Å². The quantitative estimate of drug-likeness (QED) is 0.580. The molecule has 1 aromatic rings. The van der Waals surface area contributed by atoms with Crippen molar-refractivity contribution >= 4 is 11.9 Å². The summed E-state index contributed by atoms with van der Waals surface area (Å²) in [5, 5.41) is 2.98. The molecule has 0 amide bonds. The number of rotatable bonds is 3. The molecule has 1 unspecified atom stereocenters. The minimum atomic E-state index is -0.488. The van der Waals surface area contributed by atoms with Crippen LogP contribution in [0.25, 0.3) is 0 Å². The summed E-state index contributed by atoms with van der Waals surface area (Å²) >= 11 is 0. The molecular formula is C11H11NO3. The van der Waals surface area contributed by atoms with Crippen LogP contribution in [0.2, 0.25) is 0 Å². The molecule has 1 atom stereocenters. The van der Waals surface area contributed by atoms with Crippen molar-refractivity contribution in [2.75, 3.05) is 0 Å². The largest absolute Gasteiger partial charge is 0.392 e. The lowest BCUT2D eigenvalue weighted by Gasteiger charge is -2.07. The zero-order valence-electron chi connectivity index (χ0n) is 8.10. The van der Waals surface area contributed by atoms with Gasteiger partial charge in [0.05, 0.1) is 6.42 Å². The van der Waals surface area contributed by atoms with E-state index in [1.807, 2.05) is 30.3 Å². The lowest BCUT2D eigenvalue weighted by atomic mass is 10.2. The number of cyclic esters (lactones) is 2. The smallest absolute Gasteiger partial charge is 0.331 e. The van der Waals surface area contributed by atoms with Gasteiger partial charge in [-0.1, -0.05) is 30.3 Å². The first-order chi connectivity index (χ1) is 7.25. The minimum Gasteiger partial charge on any atom is -0.392 e. The number of carbonyl (C=O) groups is 2. The third-order valence-electron chi connectivity index (χ3n) is 2.27. The van der Waals surface area contributed by atoms with E-state index in [0.29, 0.717) is 6.54 Å². The number of esters is 2. The molecule has 1 aliphatic rings. The first-order valence-corrected chi connectivity index (χ1v) is 4.77. The SMILES string of the molecule is O=C1CC(NCc2ccccc2)C(=O)O1. The highest BCUT2D eigenvalue weighted by Gasteiger charge is 2.32. The van der Waals surface area contributed by atoms with Crippen LogP contribution in [0.3, 0.4) is 0 Å². The van der Waals surface area contributed by atoms with E-state index in [1.165, 1.54) is 0 Å². The molecule has 78 valence electrons. The number of carbonyl (C=O) groups excluding carboxylic acids is 2. The molecule has 1 aliphatic heterocycles. The first kappa shape index (κ1) is 9.86. The van der Waals surface area contributed by atoms with Crippen LogP contribution in [0.5, 0.6) is 0 Å². The maximum Gasteiger partial charge on any atom is 0.331 e. The molecule has 0 aliphatic carbocycles. The maximum atomic E-state index is 11.1. The Hall–Kier alpha value is -1.68. The summed E-state index contributed by atoms with van der Waals surface area (Å²) in [5.74, 6) is -0.929. The zero-order valence-corrected chi connectivity index (χ0v) is 8.10. The van der Waals surface area contributed by atoms with Crippen LogP contribution in [0, 0.1) is 0 Å². The zero-order chi connectivity index (χ0) is 10.7. The Balaban J connectivity index is 1.89. The highest BCUT2D eigenvalue weighted by molar-refractivity contribution is 5.96. The lowest BCUT2D eigenvalue weighted by molar-refractivity contribution is -0.152. The predicted octanol–water partition coefficient (Wildman–Crippen LogP) is 0.618. The average Bonchev–Trinajstić information content (AvgIpc) is 2.56. The van der Waals surface area contributed by atoms with E-state index in [9.17, 15) is 9.59 Å². The Morgan fingerprint density at radius 2 is 2.00 bits per heavy atom. The summed E-state index contributed by atoms with van der Waals surface area (Å²) in [4.78, 5) is 21.9. The Morgan fingerprint density at radius 1 is 1.27 bits per heavy atom. The summed E-state index contributed by atoms with van der Waals surface area (Å²) in [6, 6.07) is 9.20. The normalized spacial score (nSPS) is 20.4. The Morgan fingerprint density at radius 3 is 2.60 bits per heavy atom. The van der Waals surface area contributed by atoms with Crippen molar-refractivity contribution in [2.24, 2.45) is 0 Å². The summed E-state index contributed by atoms with van der Waals surface area (Å²) in [7, 11) is 0. The molecule has 0 bridgehead atoms. The fourth-order valence-corrected chi connectivity index (χ4v) is 1.47. The predicted molar refractivity (Wildman–Crippen MR) is 52.8 cm³/mol. The topological polar surface area (TPSA) is 55.4 Å². The van der Waals surface area contributed by atoms with E-state index < -0.39 is 18.0 Å². The molecule has 1 heterocycles. The van der Waals surface area contributed by atoms with Gasteiger partial charge in [-0.15, -0.1) is 0 Å². The van der Waals surface area contributed by atoms with Crippen LogP contribution in [-0.4, -0.2) is 18.0 Å². The Kier molecular flexibility index (Phi) is 2.78. The van der Waals surface area contributed by atoms with Crippen molar-refractivity contribution in [3.8, 4) is 0 Å². The van der Waals surface area contributed by atoms with E-state index in [1.54, 1.807) is 0 Å². The monoisotopic (exact) mass is 205 g/mol.